The van der Waals surface area contributed by atoms with Crippen LogP contribution in [0.1, 0.15) is 26.3 Å². The second-order valence-electron chi connectivity index (χ2n) is 6.33. The highest BCUT2D eigenvalue weighted by molar-refractivity contribution is 5.86. The predicted molar refractivity (Wildman–Crippen MR) is 85.8 cm³/mol. The minimum atomic E-state index is -0.226. The van der Waals surface area contributed by atoms with Crippen molar-refractivity contribution in [2.75, 3.05) is 0 Å². The number of hydrogen-bond acceptors (Lipinski definition) is 1. The Balaban J connectivity index is 2.28. The Hall–Kier alpha value is -2.22. The Morgan fingerprint density at radius 1 is 0.905 bits per heavy atom. The van der Waals surface area contributed by atoms with Crippen molar-refractivity contribution in [2.45, 2.75) is 26.2 Å². The quantitative estimate of drug-likeness (QED) is 0.586. The lowest BCUT2D eigenvalue weighted by atomic mass is 9.84. The van der Waals surface area contributed by atoms with E-state index in [9.17, 15) is 4.39 Å². The molecule has 0 fully saturated rings. The first kappa shape index (κ1) is 13.7. The van der Waals surface area contributed by atoms with Crippen LogP contribution in [-0.2, 0) is 5.41 Å². The van der Waals surface area contributed by atoms with Crippen molar-refractivity contribution in [3.63, 3.8) is 0 Å². The Kier molecular flexibility index (Phi) is 3.25. The number of fused-ring (bicyclic) bond motifs is 1. The molecule has 0 aliphatic rings. The molecule has 0 amide bonds. The van der Waals surface area contributed by atoms with E-state index in [1.807, 2.05) is 18.2 Å². The molecule has 0 saturated heterocycles. The third-order valence-corrected chi connectivity index (χ3v) is 3.66. The summed E-state index contributed by atoms with van der Waals surface area (Å²) in [6.45, 7) is 6.59. The van der Waals surface area contributed by atoms with Crippen molar-refractivity contribution >= 4 is 10.9 Å². The fourth-order valence-corrected chi connectivity index (χ4v) is 2.56. The van der Waals surface area contributed by atoms with E-state index in [2.05, 4.69) is 32.9 Å². The zero-order valence-corrected chi connectivity index (χ0v) is 12.5. The van der Waals surface area contributed by atoms with E-state index in [1.54, 1.807) is 12.1 Å². The van der Waals surface area contributed by atoms with Gasteiger partial charge in [0.05, 0.1) is 11.2 Å². The molecule has 3 rings (SSSR count). The van der Waals surface area contributed by atoms with E-state index in [1.165, 1.54) is 23.1 Å². The number of aromatic nitrogens is 1. The monoisotopic (exact) mass is 279 g/mol. The van der Waals surface area contributed by atoms with Gasteiger partial charge in [-0.2, -0.15) is 0 Å². The molecule has 0 atom stereocenters. The number of pyridine rings is 1. The van der Waals surface area contributed by atoms with Crippen molar-refractivity contribution < 1.29 is 4.39 Å². The van der Waals surface area contributed by atoms with Gasteiger partial charge in [-0.05, 0) is 47.4 Å². The van der Waals surface area contributed by atoms with Crippen molar-refractivity contribution in [1.82, 2.24) is 4.98 Å². The molecule has 21 heavy (non-hydrogen) atoms. The van der Waals surface area contributed by atoms with Gasteiger partial charge in [-0.3, -0.25) is 0 Å². The van der Waals surface area contributed by atoms with Crippen LogP contribution in [0.5, 0.6) is 0 Å². The molecular formula is C19H18FN. The number of benzene rings is 2. The minimum Gasteiger partial charge on any atom is -0.248 e. The first-order valence-corrected chi connectivity index (χ1v) is 7.11. The van der Waals surface area contributed by atoms with Gasteiger partial charge in [-0.15, -0.1) is 0 Å². The van der Waals surface area contributed by atoms with Crippen LogP contribution in [0.25, 0.3) is 22.2 Å². The third kappa shape index (κ3) is 2.66. The lowest BCUT2D eigenvalue weighted by Gasteiger charge is -2.22. The van der Waals surface area contributed by atoms with Crippen LogP contribution < -0.4 is 0 Å². The summed E-state index contributed by atoms with van der Waals surface area (Å²) in [7, 11) is 0. The molecule has 2 aromatic carbocycles. The smallest absolute Gasteiger partial charge is 0.123 e. The molecule has 0 saturated carbocycles. The van der Waals surface area contributed by atoms with Gasteiger partial charge in [-0.1, -0.05) is 39.0 Å². The van der Waals surface area contributed by atoms with Crippen molar-refractivity contribution in [3.8, 4) is 11.3 Å². The molecule has 0 spiro atoms. The molecule has 0 N–H and O–H groups in total. The van der Waals surface area contributed by atoms with Crippen LogP contribution in [0, 0.1) is 5.82 Å². The number of nitrogens with zero attached hydrogens (tertiary/aromatic N) is 1. The Morgan fingerprint density at radius 2 is 1.57 bits per heavy atom. The average molecular weight is 279 g/mol. The summed E-state index contributed by atoms with van der Waals surface area (Å²) in [5, 5.41) is 1.18. The molecule has 0 aliphatic carbocycles. The highest BCUT2D eigenvalue weighted by atomic mass is 19.1. The summed E-state index contributed by atoms with van der Waals surface area (Å²) >= 11 is 0. The largest absolute Gasteiger partial charge is 0.248 e. The number of halogens is 1. The standard InChI is InChI=1S/C19H18FN/c1-19(2,3)16-12-18(13-8-10-14(20)11-9-13)21-17-7-5-4-6-15(16)17/h4-12H,1-3H3. The van der Waals surface area contributed by atoms with Crippen molar-refractivity contribution in [2.24, 2.45) is 0 Å². The SMILES string of the molecule is CC(C)(C)c1cc(-c2ccc(F)cc2)nc2ccccc12. The van der Waals surface area contributed by atoms with E-state index >= 15 is 0 Å². The first-order valence-electron chi connectivity index (χ1n) is 7.11. The molecule has 106 valence electrons. The van der Waals surface area contributed by atoms with Crippen LogP contribution in [0.15, 0.2) is 54.6 Å². The third-order valence-electron chi connectivity index (χ3n) is 3.66. The zero-order valence-electron chi connectivity index (χ0n) is 12.5. The Morgan fingerprint density at radius 3 is 2.24 bits per heavy atom. The minimum absolute atomic E-state index is 0.0251. The van der Waals surface area contributed by atoms with E-state index in [-0.39, 0.29) is 11.2 Å². The van der Waals surface area contributed by atoms with Crippen LogP contribution >= 0.6 is 0 Å². The molecular weight excluding hydrogens is 261 g/mol. The van der Waals surface area contributed by atoms with Crippen LogP contribution in [0.4, 0.5) is 4.39 Å². The van der Waals surface area contributed by atoms with E-state index in [0.29, 0.717) is 0 Å². The topological polar surface area (TPSA) is 12.9 Å². The summed E-state index contributed by atoms with van der Waals surface area (Å²) in [5.41, 5.74) is 4.08. The van der Waals surface area contributed by atoms with Gasteiger partial charge in [0.1, 0.15) is 5.82 Å². The maximum atomic E-state index is 13.1. The van der Waals surface area contributed by atoms with E-state index < -0.39 is 0 Å². The van der Waals surface area contributed by atoms with Crippen molar-refractivity contribution in [1.29, 1.82) is 0 Å². The normalized spacial score (nSPS) is 11.8. The highest BCUT2D eigenvalue weighted by Crippen LogP contribution is 2.32. The second kappa shape index (κ2) is 4.96. The molecule has 1 aromatic heterocycles. The maximum Gasteiger partial charge on any atom is 0.123 e. The van der Waals surface area contributed by atoms with Crippen molar-refractivity contribution in [3.05, 3.63) is 66.0 Å². The number of rotatable bonds is 1. The van der Waals surface area contributed by atoms with Gasteiger partial charge in [0.2, 0.25) is 0 Å². The molecule has 3 aromatic rings. The summed E-state index contributed by atoms with van der Waals surface area (Å²) in [6.07, 6.45) is 0. The van der Waals surface area contributed by atoms with Crippen LogP contribution in [-0.4, -0.2) is 4.98 Å². The molecule has 0 aliphatic heterocycles. The average Bonchev–Trinajstić information content (AvgIpc) is 2.46. The molecule has 1 heterocycles. The van der Waals surface area contributed by atoms with Crippen LogP contribution in [0.3, 0.4) is 0 Å². The Labute approximate surface area is 124 Å². The van der Waals surface area contributed by atoms with Gasteiger partial charge in [0.15, 0.2) is 0 Å². The fraction of sp³-hybridized carbons (Fsp3) is 0.211. The molecule has 0 bridgehead atoms. The molecule has 2 heteroatoms. The maximum absolute atomic E-state index is 13.1. The zero-order chi connectivity index (χ0) is 15.0. The van der Waals surface area contributed by atoms with Gasteiger partial charge < -0.3 is 0 Å². The molecule has 0 unspecified atom stereocenters. The fourth-order valence-electron chi connectivity index (χ4n) is 2.56. The number of hydrogen-bond donors (Lipinski definition) is 0. The molecule has 0 radical (unpaired) electrons. The Bertz CT molecular complexity index is 783. The van der Waals surface area contributed by atoms with Gasteiger partial charge >= 0.3 is 0 Å². The van der Waals surface area contributed by atoms with E-state index in [0.717, 1.165) is 16.8 Å². The summed E-state index contributed by atoms with van der Waals surface area (Å²) in [6, 6.07) is 16.8. The summed E-state index contributed by atoms with van der Waals surface area (Å²) in [4.78, 5) is 4.73. The highest BCUT2D eigenvalue weighted by Gasteiger charge is 2.18. The second-order valence-corrected chi connectivity index (χ2v) is 6.33. The predicted octanol–water partition coefficient (Wildman–Crippen LogP) is 5.34. The summed E-state index contributed by atoms with van der Waals surface area (Å²) in [5.74, 6) is -0.226. The van der Waals surface area contributed by atoms with Crippen LogP contribution in [0.2, 0.25) is 0 Å². The van der Waals surface area contributed by atoms with E-state index in [4.69, 9.17) is 4.98 Å². The number of para-hydroxylation sites is 1. The lowest BCUT2D eigenvalue weighted by molar-refractivity contribution is 0.595. The molecule has 1 nitrogen and oxygen atoms in total. The van der Waals surface area contributed by atoms with Gasteiger partial charge in [0.25, 0.3) is 0 Å². The summed E-state index contributed by atoms with van der Waals surface area (Å²) < 4.78 is 13.1. The van der Waals surface area contributed by atoms with Gasteiger partial charge in [-0.25, -0.2) is 9.37 Å². The lowest BCUT2D eigenvalue weighted by Crippen LogP contribution is -2.12. The van der Waals surface area contributed by atoms with Gasteiger partial charge in [0, 0.05) is 10.9 Å². The first-order chi connectivity index (χ1) is 9.95.